The summed E-state index contributed by atoms with van der Waals surface area (Å²) in [6, 6.07) is 70.2. The molecule has 57 heavy (non-hydrogen) atoms. The van der Waals surface area contributed by atoms with Crippen LogP contribution in [0.4, 0.5) is 0 Å². The fourth-order valence-electron chi connectivity index (χ4n) is 9.29. The molecule has 2 heteroatoms. The molecule has 0 fully saturated rings. The van der Waals surface area contributed by atoms with E-state index in [1.807, 2.05) is 6.07 Å². The summed E-state index contributed by atoms with van der Waals surface area (Å²) in [4.78, 5) is 10.4. The lowest BCUT2D eigenvalue weighted by Crippen LogP contribution is -2.14. The molecule has 2 nitrogen and oxygen atoms in total. The molecule has 0 saturated heterocycles. The molecule has 9 aromatic carbocycles. The first-order chi connectivity index (χ1) is 28.0. The predicted molar refractivity (Wildman–Crippen MR) is 239 cm³/mol. The Morgan fingerprint density at radius 3 is 1.65 bits per heavy atom. The van der Waals surface area contributed by atoms with Gasteiger partial charge in [0, 0.05) is 22.1 Å². The number of rotatable bonds is 5. The zero-order valence-corrected chi connectivity index (χ0v) is 31.9. The molecule has 1 aromatic heterocycles. The van der Waals surface area contributed by atoms with Crippen LogP contribution < -0.4 is 0 Å². The molecule has 0 N–H and O–H groups in total. The smallest absolute Gasteiger partial charge is 0.160 e. The Hall–Kier alpha value is -7.16. The second-order valence-corrected chi connectivity index (χ2v) is 15.7. The molecule has 1 heterocycles. The van der Waals surface area contributed by atoms with Crippen molar-refractivity contribution >= 4 is 32.3 Å². The Labute approximate surface area is 332 Å². The maximum Gasteiger partial charge on any atom is 0.160 e. The molecule has 0 saturated carbocycles. The average Bonchev–Trinajstić information content (AvgIpc) is 3.51. The average molecular weight is 727 g/mol. The zero-order valence-electron chi connectivity index (χ0n) is 31.9. The van der Waals surface area contributed by atoms with Gasteiger partial charge in [-0.05, 0) is 89.0 Å². The first-order valence-corrected chi connectivity index (χ1v) is 19.7. The van der Waals surface area contributed by atoms with Gasteiger partial charge in [-0.3, -0.25) is 0 Å². The van der Waals surface area contributed by atoms with E-state index in [1.54, 1.807) is 0 Å². The Kier molecular flexibility index (Phi) is 7.55. The van der Waals surface area contributed by atoms with Gasteiger partial charge in [-0.15, -0.1) is 0 Å². The van der Waals surface area contributed by atoms with Crippen LogP contribution in [0.15, 0.2) is 194 Å². The molecule has 1 aliphatic rings. The minimum absolute atomic E-state index is 0.101. The zero-order chi connectivity index (χ0) is 38.1. The summed E-state index contributed by atoms with van der Waals surface area (Å²) < 4.78 is 0. The van der Waals surface area contributed by atoms with Gasteiger partial charge in [0.05, 0.1) is 11.4 Å². The number of nitrogens with zero attached hydrogens (tertiary/aromatic N) is 2. The second-order valence-electron chi connectivity index (χ2n) is 15.7. The van der Waals surface area contributed by atoms with Gasteiger partial charge in [0.25, 0.3) is 0 Å². The van der Waals surface area contributed by atoms with Crippen molar-refractivity contribution in [3.8, 4) is 67.3 Å². The van der Waals surface area contributed by atoms with E-state index in [2.05, 4.69) is 202 Å². The summed E-state index contributed by atoms with van der Waals surface area (Å²) >= 11 is 0. The van der Waals surface area contributed by atoms with E-state index >= 15 is 0 Å². The van der Waals surface area contributed by atoms with Crippen LogP contribution in [0.2, 0.25) is 0 Å². The Balaban J connectivity index is 1.08. The summed E-state index contributed by atoms with van der Waals surface area (Å²) in [5.74, 6) is 0.718. The number of fused-ring (bicyclic) bond motifs is 7. The summed E-state index contributed by atoms with van der Waals surface area (Å²) in [5, 5.41) is 7.52. The highest BCUT2D eigenvalue weighted by Gasteiger charge is 2.35. The molecular formula is C55H38N2. The van der Waals surface area contributed by atoms with Crippen LogP contribution >= 0.6 is 0 Å². The molecule has 0 radical (unpaired) electrons. The highest BCUT2D eigenvalue weighted by molar-refractivity contribution is 6.27. The Morgan fingerprint density at radius 1 is 0.351 bits per heavy atom. The monoisotopic (exact) mass is 726 g/mol. The number of hydrogen-bond acceptors (Lipinski definition) is 2. The van der Waals surface area contributed by atoms with Crippen molar-refractivity contribution in [1.82, 2.24) is 9.97 Å². The topological polar surface area (TPSA) is 25.8 Å². The molecule has 0 aliphatic heterocycles. The minimum atomic E-state index is -0.101. The van der Waals surface area contributed by atoms with E-state index in [0.29, 0.717) is 0 Å². The van der Waals surface area contributed by atoms with Gasteiger partial charge in [0.2, 0.25) is 0 Å². The van der Waals surface area contributed by atoms with Crippen LogP contribution in [-0.2, 0) is 5.41 Å². The molecule has 0 spiro atoms. The highest BCUT2D eigenvalue weighted by atomic mass is 14.9. The molecule has 268 valence electrons. The van der Waals surface area contributed by atoms with Crippen LogP contribution in [0, 0.1) is 0 Å². The van der Waals surface area contributed by atoms with Gasteiger partial charge in [0.1, 0.15) is 0 Å². The van der Waals surface area contributed by atoms with Crippen LogP contribution in [0.1, 0.15) is 25.0 Å². The molecular weight excluding hydrogens is 689 g/mol. The molecule has 0 bridgehead atoms. The third-order valence-corrected chi connectivity index (χ3v) is 12.1. The standard InChI is InChI=1S/C55H38N2/c1-55(2)47-24-14-13-21-42(47)43-31-30-40(33-48(43)55)50-34-49(56-54(57-50)39-18-7-4-8-19-39)36-25-27-38(28-26-36)51-44-22-11-12-23-45(44)52(37-16-5-3-6-17-37)53-41-20-10-9-15-35(41)29-32-46(51)53/h3-34H,1-2H3. The van der Waals surface area contributed by atoms with Crippen LogP contribution in [0.25, 0.3) is 99.6 Å². The molecule has 1 aliphatic carbocycles. The molecule has 0 atom stereocenters. The highest BCUT2D eigenvalue weighted by Crippen LogP contribution is 2.50. The van der Waals surface area contributed by atoms with Crippen LogP contribution in [0.5, 0.6) is 0 Å². The van der Waals surface area contributed by atoms with Crippen molar-refractivity contribution in [3.05, 3.63) is 205 Å². The molecule has 11 rings (SSSR count). The van der Waals surface area contributed by atoms with Crippen molar-refractivity contribution in [2.45, 2.75) is 19.3 Å². The number of benzene rings is 9. The fraction of sp³-hybridized carbons (Fsp3) is 0.0545. The summed E-state index contributed by atoms with van der Waals surface area (Å²) in [6.45, 7) is 4.65. The van der Waals surface area contributed by atoms with Gasteiger partial charge in [-0.25, -0.2) is 9.97 Å². The summed E-state index contributed by atoms with van der Waals surface area (Å²) in [5.41, 5.74) is 15.1. The molecule has 10 aromatic rings. The fourth-order valence-corrected chi connectivity index (χ4v) is 9.29. The van der Waals surface area contributed by atoms with E-state index in [0.717, 1.165) is 33.9 Å². The van der Waals surface area contributed by atoms with Crippen molar-refractivity contribution < 1.29 is 0 Å². The lowest BCUT2D eigenvalue weighted by atomic mass is 9.82. The van der Waals surface area contributed by atoms with Gasteiger partial charge >= 0.3 is 0 Å². The van der Waals surface area contributed by atoms with E-state index < -0.39 is 0 Å². The van der Waals surface area contributed by atoms with Crippen molar-refractivity contribution in [2.75, 3.05) is 0 Å². The van der Waals surface area contributed by atoms with E-state index in [-0.39, 0.29) is 5.41 Å². The Morgan fingerprint density at radius 2 is 0.895 bits per heavy atom. The largest absolute Gasteiger partial charge is 0.228 e. The summed E-state index contributed by atoms with van der Waals surface area (Å²) in [6.07, 6.45) is 0. The number of aromatic nitrogens is 2. The third kappa shape index (κ3) is 5.33. The van der Waals surface area contributed by atoms with E-state index in [9.17, 15) is 0 Å². The maximum atomic E-state index is 5.20. The van der Waals surface area contributed by atoms with Crippen LogP contribution in [0.3, 0.4) is 0 Å². The molecule has 0 unspecified atom stereocenters. The first-order valence-electron chi connectivity index (χ1n) is 19.7. The van der Waals surface area contributed by atoms with Crippen molar-refractivity contribution in [2.24, 2.45) is 0 Å². The molecule has 0 amide bonds. The maximum absolute atomic E-state index is 5.20. The predicted octanol–water partition coefficient (Wildman–Crippen LogP) is 14.6. The van der Waals surface area contributed by atoms with Crippen molar-refractivity contribution in [3.63, 3.8) is 0 Å². The SMILES string of the molecule is CC1(C)c2ccccc2-c2ccc(-c3cc(-c4ccc(-c5c6ccccc6c(-c6ccccc6)c6c5ccc5ccccc56)cc4)nc(-c4ccccc4)n3)cc21. The minimum Gasteiger partial charge on any atom is -0.228 e. The normalized spacial score (nSPS) is 12.9. The summed E-state index contributed by atoms with van der Waals surface area (Å²) in [7, 11) is 0. The van der Waals surface area contributed by atoms with Gasteiger partial charge in [-0.2, -0.15) is 0 Å². The van der Waals surface area contributed by atoms with E-state index in [4.69, 9.17) is 9.97 Å². The van der Waals surface area contributed by atoms with Gasteiger partial charge < -0.3 is 0 Å². The number of hydrogen-bond donors (Lipinski definition) is 0. The van der Waals surface area contributed by atoms with Gasteiger partial charge in [0.15, 0.2) is 5.82 Å². The van der Waals surface area contributed by atoms with Crippen molar-refractivity contribution in [1.29, 1.82) is 0 Å². The first kappa shape index (κ1) is 33.2. The quantitative estimate of drug-likeness (QED) is 0.130. The van der Waals surface area contributed by atoms with E-state index in [1.165, 1.54) is 76.8 Å². The second kappa shape index (κ2) is 13.0. The lowest BCUT2D eigenvalue weighted by Gasteiger charge is -2.22. The van der Waals surface area contributed by atoms with Crippen LogP contribution in [-0.4, -0.2) is 9.97 Å². The van der Waals surface area contributed by atoms with Gasteiger partial charge in [-0.1, -0.05) is 196 Å². The third-order valence-electron chi connectivity index (χ3n) is 12.1. The Bertz CT molecular complexity index is 3180. The lowest BCUT2D eigenvalue weighted by molar-refractivity contribution is 0.660.